The highest BCUT2D eigenvalue weighted by molar-refractivity contribution is 6.33. The van der Waals surface area contributed by atoms with Crippen LogP contribution in [-0.2, 0) is 0 Å². The van der Waals surface area contributed by atoms with E-state index in [1.54, 1.807) is 18.3 Å². The van der Waals surface area contributed by atoms with Crippen molar-refractivity contribution < 1.29 is 4.39 Å². The van der Waals surface area contributed by atoms with Gasteiger partial charge in [0.1, 0.15) is 5.82 Å². The fraction of sp³-hybridized carbons (Fsp3) is 0. The molecule has 1 aromatic heterocycles. The van der Waals surface area contributed by atoms with Crippen LogP contribution < -0.4 is 0 Å². The Morgan fingerprint density at radius 2 is 2.15 bits per heavy atom. The van der Waals surface area contributed by atoms with Crippen molar-refractivity contribution in [1.29, 1.82) is 0 Å². The van der Waals surface area contributed by atoms with Gasteiger partial charge in [0, 0.05) is 11.8 Å². The zero-order valence-electron chi connectivity index (χ0n) is 6.59. The summed E-state index contributed by atoms with van der Waals surface area (Å²) in [7, 11) is 0. The number of aromatic nitrogens is 2. The number of aromatic amines is 1. The summed E-state index contributed by atoms with van der Waals surface area (Å²) in [5.41, 5.74) is 1.53. The first kappa shape index (κ1) is 8.26. The summed E-state index contributed by atoms with van der Waals surface area (Å²) in [5.74, 6) is -0.340. The van der Waals surface area contributed by atoms with E-state index < -0.39 is 0 Å². The lowest BCUT2D eigenvalue weighted by Gasteiger charge is -1.99. The van der Waals surface area contributed by atoms with Crippen LogP contribution in [0.4, 0.5) is 4.39 Å². The van der Waals surface area contributed by atoms with E-state index >= 15 is 0 Å². The third-order valence-electron chi connectivity index (χ3n) is 1.72. The summed E-state index contributed by atoms with van der Waals surface area (Å²) >= 11 is 5.83. The van der Waals surface area contributed by atoms with Crippen LogP contribution in [0.25, 0.3) is 11.3 Å². The number of rotatable bonds is 1. The predicted molar refractivity (Wildman–Crippen MR) is 49.0 cm³/mol. The first-order valence-corrected chi connectivity index (χ1v) is 4.10. The standard InChI is InChI=1S/C9H6ClFN2/c10-8-5-6(11)1-2-7(8)9-3-4-12-13-9/h1-5H,(H,12,13). The molecule has 66 valence electrons. The molecule has 1 heterocycles. The third kappa shape index (κ3) is 1.55. The highest BCUT2D eigenvalue weighted by Crippen LogP contribution is 2.26. The largest absolute Gasteiger partial charge is 0.278 e. The minimum absolute atomic E-state index is 0.340. The second-order valence-electron chi connectivity index (χ2n) is 2.59. The van der Waals surface area contributed by atoms with Gasteiger partial charge in [0.05, 0.1) is 10.7 Å². The van der Waals surface area contributed by atoms with Gasteiger partial charge in [-0.1, -0.05) is 11.6 Å². The molecule has 1 N–H and O–H groups in total. The van der Waals surface area contributed by atoms with E-state index in [2.05, 4.69) is 10.2 Å². The minimum Gasteiger partial charge on any atom is -0.278 e. The zero-order chi connectivity index (χ0) is 9.26. The second kappa shape index (κ2) is 3.18. The van der Waals surface area contributed by atoms with Gasteiger partial charge in [-0.15, -0.1) is 0 Å². The summed E-state index contributed by atoms with van der Waals surface area (Å²) in [6.45, 7) is 0. The van der Waals surface area contributed by atoms with E-state index in [0.29, 0.717) is 5.02 Å². The van der Waals surface area contributed by atoms with Crippen molar-refractivity contribution in [1.82, 2.24) is 10.2 Å². The number of benzene rings is 1. The molecule has 2 rings (SSSR count). The summed E-state index contributed by atoms with van der Waals surface area (Å²) in [6.07, 6.45) is 1.62. The lowest BCUT2D eigenvalue weighted by molar-refractivity contribution is 0.628. The van der Waals surface area contributed by atoms with Crippen LogP contribution in [0.1, 0.15) is 0 Å². The molecule has 0 unspecified atom stereocenters. The maximum absolute atomic E-state index is 12.7. The van der Waals surface area contributed by atoms with Crippen molar-refractivity contribution in [2.45, 2.75) is 0 Å². The van der Waals surface area contributed by atoms with Gasteiger partial charge in [0.15, 0.2) is 0 Å². The van der Waals surface area contributed by atoms with Crippen molar-refractivity contribution in [3.05, 3.63) is 41.3 Å². The first-order valence-electron chi connectivity index (χ1n) is 3.72. The summed E-state index contributed by atoms with van der Waals surface area (Å²) in [4.78, 5) is 0. The molecule has 4 heteroatoms. The Kier molecular flexibility index (Phi) is 2.02. The van der Waals surface area contributed by atoms with Crippen LogP contribution in [0, 0.1) is 5.82 Å². The Morgan fingerprint density at radius 1 is 1.31 bits per heavy atom. The molecule has 13 heavy (non-hydrogen) atoms. The first-order chi connectivity index (χ1) is 6.27. The number of halogens is 2. The van der Waals surface area contributed by atoms with E-state index in [4.69, 9.17) is 11.6 Å². The van der Waals surface area contributed by atoms with Gasteiger partial charge >= 0.3 is 0 Å². The highest BCUT2D eigenvalue weighted by atomic mass is 35.5. The monoisotopic (exact) mass is 196 g/mol. The summed E-state index contributed by atoms with van der Waals surface area (Å²) < 4.78 is 12.7. The van der Waals surface area contributed by atoms with Gasteiger partial charge in [0.25, 0.3) is 0 Å². The molecule has 0 saturated heterocycles. The Labute approximate surface area is 79.4 Å². The second-order valence-corrected chi connectivity index (χ2v) is 3.00. The number of hydrogen-bond donors (Lipinski definition) is 1. The van der Waals surface area contributed by atoms with Crippen LogP contribution >= 0.6 is 11.6 Å². The molecular weight excluding hydrogens is 191 g/mol. The van der Waals surface area contributed by atoms with Crippen LogP contribution in [0.2, 0.25) is 5.02 Å². The van der Waals surface area contributed by atoms with Gasteiger partial charge in [-0.05, 0) is 24.3 Å². The number of nitrogens with one attached hydrogen (secondary N) is 1. The lowest BCUT2D eigenvalue weighted by atomic mass is 10.1. The minimum atomic E-state index is -0.340. The molecule has 0 fully saturated rings. The van der Waals surface area contributed by atoms with Crippen LogP contribution in [0.3, 0.4) is 0 Å². The number of H-pyrrole nitrogens is 1. The maximum Gasteiger partial charge on any atom is 0.124 e. The van der Waals surface area contributed by atoms with Gasteiger partial charge in [0.2, 0.25) is 0 Å². The van der Waals surface area contributed by atoms with E-state index in [0.717, 1.165) is 11.3 Å². The average Bonchev–Trinajstić information content (AvgIpc) is 2.56. The lowest BCUT2D eigenvalue weighted by Crippen LogP contribution is -1.81. The molecule has 0 amide bonds. The number of nitrogens with zero attached hydrogens (tertiary/aromatic N) is 1. The quantitative estimate of drug-likeness (QED) is 0.747. The van der Waals surface area contributed by atoms with Crippen molar-refractivity contribution >= 4 is 11.6 Å². The van der Waals surface area contributed by atoms with Crippen LogP contribution in [0.15, 0.2) is 30.5 Å². The predicted octanol–water partition coefficient (Wildman–Crippen LogP) is 2.87. The molecule has 0 aliphatic heterocycles. The zero-order valence-corrected chi connectivity index (χ0v) is 7.35. The highest BCUT2D eigenvalue weighted by Gasteiger charge is 2.04. The molecule has 0 radical (unpaired) electrons. The molecule has 0 bridgehead atoms. The Bertz CT molecular complexity index is 412. The maximum atomic E-state index is 12.7. The molecule has 2 aromatic rings. The van der Waals surface area contributed by atoms with Crippen molar-refractivity contribution in [3.63, 3.8) is 0 Å². The van der Waals surface area contributed by atoms with Gasteiger partial charge < -0.3 is 0 Å². The molecule has 0 spiro atoms. The molecular formula is C9H6ClFN2. The summed E-state index contributed by atoms with van der Waals surface area (Å²) in [5, 5.41) is 6.92. The van der Waals surface area contributed by atoms with Crippen molar-refractivity contribution in [2.75, 3.05) is 0 Å². The molecule has 2 nitrogen and oxygen atoms in total. The van der Waals surface area contributed by atoms with E-state index in [-0.39, 0.29) is 5.82 Å². The normalized spacial score (nSPS) is 10.3. The van der Waals surface area contributed by atoms with Crippen molar-refractivity contribution in [3.8, 4) is 11.3 Å². The Balaban J connectivity index is 2.53. The van der Waals surface area contributed by atoms with Gasteiger partial charge in [-0.3, -0.25) is 5.10 Å². The van der Waals surface area contributed by atoms with Crippen LogP contribution in [0.5, 0.6) is 0 Å². The van der Waals surface area contributed by atoms with Crippen molar-refractivity contribution in [2.24, 2.45) is 0 Å². The molecule has 0 aliphatic rings. The molecule has 0 atom stereocenters. The molecule has 0 aliphatic carbocycles. The van der Waals surface area contributed by atoms with E-state index in [1.807, 2.05) is 0 Å². The summed E-state index contributed by atoms with van der Waals surface area (Å²) in [6, 6.07) is 6.03. The topological polar surface area (TPSA) is 28.7 Å². The number of hydrogen-bond acceptors (Lipinski definition) is 1. The third-order valence-corrected chi connectivity index (χ3v) is 2.03. The van der Waals surface area contributed by atoms with Crippen LogP contribution in [-0.4, -0.2) is 10.2 Å². The fourth-order valence-electron chi connectivity index (χ4n) is 1.11. The smallest absolute Gasteiger partial charge is 0.124 e. The Hall–Kier alpha value is -1.35. The average molecular weight is 197 g/mol. The molecule has 0 saturated carbocycles. The van der Waals surface area contributed by atoms with Gasteiger partial charge in [-0.2, -0.15) is 5.10 Å². The van der Waals surface area contributed by atoms with Gasteiger partial charge in [-0.25, -0.2) is 4.39 Å². The fourth-order valence-corrected chi connectivity index (χ4v) is 1.38. The van der Waals surface area contributed by atoms with E-state index in [1.165, 1.54) is 12.1 Å². The Morgan fingerprint density at radius 3 is 2.77 bits per heavy atom. The SMILES string of the molecule is Fc1ccc(-c2ccn[nH]2)c(Cl)c1. The van der Waals surface area contributed by atoms with E-state index in [9.17, 15) is 4.39 Å². The molecule has 1 aromatic carbocycles.